The first-order valence-electron chi connectivity index (χ1n) is 5.93. The standard InChI is InChI=1S/C13H18N4S/c1-8-4-5-11(6-9(8)2)7-12(15-14)13-10(3)16-17-18-13/h4-6,12,15H,7,14H2,1-3H3. The summed E-state index contributed by atoms with van der Waals surface area (Å²) in [7, 11) is 0. The van der Waals surface area contributed by atoms with E-state index in [1.807, 2.05) is 6.92 Å². The molecule has 0 fully saturated rings. The van der Waals surface area contributed by atoms with Gasteiger partial charge in [-0.1, -0.05) is 22.7 Å². The smallest absolute Gasteiger partial charge is 0.0773 e. The van der Waals surface area contributed by atoms with E-state index >= 15 is 0 Å². The summed E-state index contributed by atoms with van der Waals surface area (Å²) >= 11 is 1.41. The molecule has 1 heterocycles. The lowest BCUT2D eigenvalue weighted by atomic mass is 10.00. The van der Waals surface area contributed by atoms with Gasteiger partial charge in [0.05, 0.1) is 16.6 Å². The molecule has 0 radical (unpaired) electrons. The van der Waals surface area contributed by atoms with Crippen LogP contribution in [0, 0.1) is 20.8 Å². The number of nitrogens with one attached hydrogen (secondary N) is 1. The van der Waals surface area contributed by atoms with Crippen molar-refractivity contribution in [1.82, 2.24) is 15.0 Å². The number of rotatable bonds is 4. The van der Waals surface area contributed by atoms with Crippen LogP contribution >= 0.6 is 11.5 Å². The summed E-state index contributed by atoms with van der Waals surface area (Å²) in [5, 5.41) is 4.03. The van der Waals surface area contributed by atoms with E-state index in [9.17, 15) is 0 Å². The third kappa shape index (κ3) is 2.75. The van der Waals surface area contributed by atoms with E-state index in [-0.39, 0.29) is 6.04 Å². The highest BCUT2D eigenvalue weighted by atomic mass is 32.1. The van der Waals surface area contributed by atoms with Crippen LogP contribution in [0.5, 0.6) is 0 Å². The topological polar surface area (TPSA) is 63.8 Å². The van der Waals surface area contributed by atoms with Crippen molar-refractivity contribution in [1.29, 1.82) is 0 Å². The summed E-state index contributed by atoms with van der Waals surface area (Å²) in [5.41, 5.74) is 7.70. The van der Waals surface area contributed by atoms with Crippen LogP contribution in [0.25, 0.3) is 0 Å². The molecule has 0 saturated carbocycles. The van der Waals surface area contributed by atoms with Crippen molar-refractivity contribution >= 4 is 11.5 Å². The predicted octanol–water partition coefficient (Wildman–Crippen LogP) is 2.21. The van der Waals surface area contributed by atoms with Crippen LogP contribution in [-0.4, -0.2) is 9.59 Å². The predicted molar refractivity (Wildman–Crippen MR) is 74.3 cm³/mol. The van der Waals surface area contributed by atoms with Crippen molar-refractivity contribution in [2.24, 2.45) is 5.84 Å². The largest absolute Gasteiger partial charge is 0.271 e. The molecule has 1 atom stereocenters. The average molecular weight is 262 g/mol. The molecule has 2 aromatic rings. The molecular weight excluding hydrogens is 244 g/mol. The molecule has 0 saturated heterocycles. The minimum Gasteiger partial charge on any atom is -0.271 e. The number of benzene rings is 1. The van der Waals surface area contributed by atoms with Gasteiger partial charge in [-0.15, -0.1) is 5.10 Å². The summed E-state index contributed by atoms with van der Waals surface area (Å²) in [6.07, 6.45) is 0.850. The maximum Gasteiger partial charge on any atom is 0.0773 e. The minimum atomic E-state index is 0.0760. The Kier molecular flexibility index (Phi) is 4.06. The highest BCUT2D eigenvalue weighted by Crippen LogP contribution is 2.23. The fourth-order valence-corrected chi connectivity index (χ4v) is 2.65. The Morgan fingerprint density at radius 3 is 2.61 bits per heavy atom. The third-order valence-electron chi connectivity index (χ3n) is 3.22. The van der Waals surface area contributed by atoms with Crippen LogP contribution in [-0.2, 0) is 6.42 Å². The molecule has 2 rings (SSSR count). The Balaban J connectivity index is 2.20. The highest BCUT2D eigenvalue weighted by molar-refractivity contribution is 7.05. The Morgan fingerprint density at radius 2 is 2.06 bits per heavy atom. The lowest BCUT2D eigenvalue weighted by Crippen LogP contribution is -2.29. The van der Waals surface area contributed by atoms with Crippen molar-refractivity contribution in [2.75, 3.05) is 0 Å². The molecule has 1 unspecified atom stereocenters. The van der Waals surface area contributed by atoms with Crippen LogP contribution in [0.4, 0.5) is 0 Å². The number of nitrogens with zero attached hydrogens (tertiary/aromatic N) is 2. The Hall–Kier alpha value is -1.30. The monoisotopic (exact) mass is 262 g/mol. The van der Waals surface area contributed by atoms with E-state index in [0.29, 0.717) is 0 Å². The van der Waals surface area contributed by atoms with E-state index < -0.39 is 0 Å². The molecule has 0 aliphatic carbocycles. The number of aryl methyl sites for hydroxylation is 3. The average Bonchev–Trinajstić information content (AvgIpc) is 2.77. The van der Waals surface area contributed by atoms with Crippen molar-refractivity contribution in [3.8, 4) is 0 Å². The van der Waals surface area contributed by atoms with Crippen molar-refractivity contribution in [2.45, 2.75) is 33.2 Å². The number of hydrogen-bond acceptors (Lipinski definition) is 5. The van der Waals surface area contributed by atoms with Gasteiger partial charge < -0.3 is 0 Å². The molecule has 3 N–H and O–H groups in total. The number of nitrogens with two attached hydrogens (primary N) is 1. The van der Waals surface area contributed by atoms with Crippen LogP contribution in [0.1, 0.15) is 33.3 Å². The van der Waals surface area contributed by atoms with Crippen LogP contribution < -0.4 is 11.3 Å². The highest BCUT2D eigenvalue weighted by Gasteiger charge is 2.16. The first-order valence-corrected chi connectivity index (χ1v) is 6.70. The fourth-order valence-electron chi connectivity index (χ4n) is 1.95. The van der Waals surface area contributed by atoms with E-state index in [0.717, 1.165) is 17.0 Å². The third-order valence-corrected chi connectivity index (χ3v) is 4.16. The van der Waals surface area contributed by atoms with Crippen LogP contribution in [0.2, 0.25) is 0 Å². The second-order valence-electron chi connectivity index (χ2n) is 4.56. The maximum atomic E-state index is 5.65. The number of hydrazine groups is 1. The lowest BCUT2D eigenvalue weighted by molar-refractivity contribution is 0.557. The lowest BCUT2D eigenvalue weighted by Gasteiger charge is -2.15. The van der Waals surface area contributed by atoms with Gasteiger partial charge in [-0.2, -0.15) is 0 Å². The molecule has 1 aromatic carbocycles. The molecule has 4 nitrogen and oxygen atoms in total. The molecule has 0 aliphatic heterocycles. The summed E-state index contributed by atoms with van der Waals surface area (Å²) in [6.45, 7) is 6.21. The summed E-state index contributed by atoms with van der Waals surface area (Å²) in [6, 6.07) is 6.59. The molecule has 1 aromatic heterocycles. The molecule has 0 bridgehead atoms. The van der Waals surface area contributed by atoms with Crippen LogP contribution in [0.15, 0.2) is 18.2 Å². The Labute approximate surface area is 111 Å². The fraction of sp³-hybridized carbons (Fsp3) is 0.385. The second kappa shape index (κ2) is 5.56. The van der Waals surface area contributed by atoms with Gasteiger partial charge in [0.1, 0.15) is 0 Å². The zero-order valence-corrected chi connectivity index (χ0v) is 11.7. The van der Waals surface area contributed by atoms with E-state index in [1.165, 1.54) is 28.2 Å². The van der Waals surface area contributed by atoms with Gasteiger partial charge in [-0.05, 0) is 55.4 Å². The van der Waals surface area contributed by atoms with E-state index in [4.69, 9.17) is 5.84 Å². The van der Waals surface area contributed by atoms with Gasteiger partial charge >= 0.3 is 0 Å². The minimum absolute atomic E-state index is 0.0760. The first kappa shape index (κ1) is 13.1. The molecule has 0 spiro atoms. The molecule has 0 aliphatic rings. The first-order chi connectivity index (χ1) is 8.61. The number of hydrogen-bond donors (Lipinski definition) is 2. The van der Waals surface area contributed by atoms with Gasteiger partial charge in [0.15, 0.2) is 0 Å². The van der Waals surface area contributed by atoms with Crippen LogP contribution in [0.3, 0.4) is 0 Å². The van der Waals surface area contributed by atoms with Gasteiger partial charge in [0.2, 0.25) is 0 Å². The Morgan fingerprint density at radius 1 is 1.28 bits per heavy atom. The SMILES string of the molecule is Cc1ccc(CC(NN)c2snnc2C)cc1C. The summed E-state index contributed by atoms with van der Waals surface area (Å²) in [4.78, 5) is 1.11. The Bertz CT molecular complexity index is 536. The van der Waals surface area contributed by atoms with Crippen molar-refractivity contribution in [3.05, 3.63) is 45.5 Å². The van der Waals surface area contributed by atoms with E-state index in [1.54, 1.807) is 0 Å². The van der Waals surface area contributed by atoms with Gasteiger partial charge in [-0.3, -0.25) is 11.3 Å². The van der Waals surface area contributed by atoms with Crippen molar-refractivity contribution in [3.63, 3.8) is 0 Å². The quantitative estimate of drug-likeness (QED) is 0.655. The molecular formula is C13H18N4S. The zero-order valence-electron chi connectivity index (χ0n) is 10.9. The summed E-state index contributed by atoms with van der Waals surface area (Å²) in [5.74, 6) is 5.65. The molecule has 18 heavy (non-hydrogen) atoms. The zero-order chi connectivity index (χ0) is 13.1. The van der Waals surface area contributed by atoms with Gasteiger partial charge in [0, 0.05) is 0 Å². The normalized spacial score (nSPS) is 12.7. The molecule has 0 amide bonds. The second-order valence-corrected chi connectivity index (χ2v) is 5.35. The van der Waals surface area contributed by atoms with E-state index in [2.05, 4.69) is 47.1 Å². The van der Waals surface area contributed by atoms with Gasteiger partial charge in [0.25, 0.3) is 0 Å². The van der Waals surface area contributed by atoms with Gasteiger partial charge in [-0.25, -0.2) is 0 Å². The molecule has 96 valence electrons. The molecule has 5 heteroatoms. The van der Waals surface area contributed by atoms with Crippen molar-refractivity contribution < 1.29 is 0 Å². The number of aromatic nitrogens is 2. The summed E-state index contributed by atoms with van der Waals surface area (Å²) < 4.78 is 3.96. The maximum absolute atomic E-state index is 5.65.